The van der Waals surface area contributed by atoms with Gasteiger partial charge in [-0.15, -0.1) is 11.8 Å². The lowest BCUT2D eigenvalue weighted by Crippen LogP contribution is -2.24. The number of carbonyl (C=O) groups excluding carboxylic acids is 2. The van der Waals surface area contributed by atoms with Gasteiger partial charge in [-0.1, -0.05) is 0 Å². The molecule has 2 amide bonds. The highest BCUT2D eigenvalue weighted by Gasteiger charge is 2.31. The molecule has 2 aromatic rings. The van der Waals surface area contributed by atoms with Gasteiger partial charge in [0.15, 0.2) is 0 Å². The number of aromatic nitrogens is 1. The zero-order chi connectivity index (χ0) is 17.4. The number of nitrogen functional groups attached to an aromatic ring is 1. The van der Waals surface area contributed by atoms with Crippen molar-refractivity contribution in [3.8, 4) is 5.69 Å². The molecule has 122 valence electrons. The fraction of sp³-hybridized carbons (Fsp3) is 0.0667. The number of benzene rings is 1. The molecule has 0 bridgehead atoms. The summed E-state index contributed by atoms with van der Waals surface area (Å²) in [5.74, 6) is -2.42. The number of anilines is 1. The summed E-state index contributed by atoms with van der Waals surface area (Å²) in [6.07, 6.45) is 0. The third kappa shape index (κ3) is 2.65. The summed E-state index contributed by atoms with van der Waals surface area (Å²) < 4.78 is 1.13. The van der Waals surface area contributed by atoms with Crippen molar-refractivity contribution in [3.05, 3.63) is 51.8 Å². The van der Waals surface area contributed by atoms with Gasteiger partial charge in [-0.3, -0.25) is 29.1 Å². The first-order valence-electron chi connectivity index (χ1n) is 6.74. The fourth-order valence-electron chi connectivity index (χ4n) is 2.38. The van der Waals surface area contributed by atoms with Gasteiger partial charge in [-0.2, -0.15) is 0 Å². The predicted octanol–water partition coefficient (Wildman–Crippen LogP) is 0.480. The van der Waals surface area contributed by atoms with Crippen LogP contribution in [0.1, 0.15) is 20.7 Å². The number of thioether (sulfide) groups is 1. The smallest absolute Gasteiger partial charge is 0.313 e. The van der Waals surface area contributed by atoms with E-state index in [9.17, 15) is 19.2 Å². The number of imide groups is 1. The molecule has 0 atom stereocenters. The Labute approximate surface area is 139 Å². The van der Waals surface area contributed by atoms with Gasteiger partial charge >= 0.3 is 5.97 Å². The van der Waals surface area contributed by atoms with Crippen molar-refractivity contribution in [2.75, 3.05) is 11.5 Å². The van der Waals surface area contributed by atoms with E-state index in [2.05, 4.69) is 5.32 Å². The van der Waals surface area contributed by atoms with Gasteiger partial charge < -0.3 is 10.8 Å². The van der Waals surface area contributed by atoms with Gasteiger partial charge in [0.25, 0.3) is 17.4 Å². The summed E-state index contributed by atoms with van der Waals surface area (Å²) in [5, 5.41) is 10.8. The lowest BCUT2D eigenvalue weighted by atomic mass is 10.1. The number of amides is 2. The molecule has 0 saturated heterocycles. The number of pyridine rings is 1. The third-order valence-corrected chi connectivity index (χ3v) is 4.41. The number of carboxylic acids is 1. The van der Waals surface area contributed by atoms with Crippen LogP contribution in [0.3, 0.4) is 0 Å². The monoisotopic (exact) mass is 345 g/mol. The molecule has 0 aliphatic carbocycles. The highest BCUT2D eigenvalue weighted by atomic mass is 32.2. The number of nitrogens with one attached hydrogen (secondary N) is 1. The largest absolute Gasteiger partial charge is 0.481 e. The number of nitrogens with zero attached hydrogens (tertiary/aromatic N) is 1. The molecule has 4 N–H and O–H groups in total. The summed E-state index contributed by atoms with van der Waals surface area (Å²) in [6, 6.07) is 7.53. The summed E-state index contributed by atoms with van der Waals surface area (Å²) in [5.41, 5.74) is 5.73. The SMILES string of the molecule is Nc1c2c(cc(=O)n1-c1ccc(SCC(=O)O)cc1)C(=O)NC2=O. The molecule has 8 nitrogen and oxygen atoms in total. The van der Waals surface area contributed by atoms with Crippen molar-refractivity contribution in [1.82, 2.24) is 9.88 Å². The molecule has 1 aliphatic heterocycles. The van der Waals surface area contributed by atoms with Gasteiger partial charge in [-0.25, -0.2) is 0 Å². The standard InChI is InChI=1S/C15H11N3O5S/c16-13-12-9(14(22)17-15(12)23)5-10(19)18(13)7-1-3-8(4-2-7)24-6-11(20)21/h1-5H,6,16H2,(H,20,21)(H,17,22,23). The van der Waals surface area contributed by atoms with Gasteiger partial charge in [0.05, 0.1) is 22.6 Å². The van der Waals surface area contributed by atoms with E-state index in [1.165, 1.54) is 0 Å². The van der Waals surface area contributed by atoms with E-state index in [0.717, 1.165) is 22.4 Å². The van der Waals surface area contributed by atoms with E-state index >= 15 is 0 Å². The molecule has 0 saturated carbocycles. The zero-order valence-corrected chi connectivity index (χ0v) is 12.9. The van der Waals surface area contributed by atoms with E-state index in [1.807, 2.05) is 0 Å². The first-order valence-corrected chi connectivity index (χ1v) is 7.73. The van der Waals surface area contributed by atoms with Gasteiger partial charge in [0, 0.05) is 11.0 Å². The normalized spacial score (nSPS) is 12.8. The van der Waals surface area contributed by atoms with Crippen molar-refractivity contribution in [2.45, 2.75) is 4.90 Å². The second kappa shape index (κ2) is 5.85. The van der Waals surface area contributed by atoms with Crippen molar-refractivity contribution in [3.63, 3.8) is 0 Å². The predicted molar refractivity (Wildman–Crippen MR) is 86.6 cm³/mol. The fourth-order valence-corrected chi connectivity index (χ4v) is 3.00. The Balaban J connectivity index is 2.03. The van der Waals surface area contributed by atoms with Crippen LogP contribution in [-0.4, -0.2) is 33.2 Å². The van der Waals surface area contributed by atoms with Crippen LogP contribution in [0.15, 0.2) is 40.0 Å². The minimum atomic E-state index is -0.932. The van der Waals surface area contributed by atoms with Crippen LogP contribution in [0.2, 0.25) is 0 Å². The van der Waals surface area contributed by atoms with Crippen molar-refractivity contribution < 1.29 is 19.5 Å². The molecular weight excluding hydrogens is 334 g/mol. The Bertz CT molecular complexity index is 933. The van der Waals surface area contributed by atoms with E-state index in [0.29, 0.717) is 10.6 Å². The second-order valence-corrected chi connectivity index (χ2v) is 6.00. The van der Waals surface area contributed by atoms with E-state index in [1.54, 1.807) is 24.3 Å². The number of carboxylic acid groups (broad SMARTS) is 1. The number of fused-ring (bicyclic) bond motifs is 1. The summed E-state index contributed by atoms with van der Waals surface area (Å²) in [7, 11) is 0. The molecule has 2 heterocycles. The number of rotatable bonds is 4. The summed E-state index contributed by atoms with van der Waals surface area (Å²) in [4.78, 5) is 47.0. The number of aliphatic carboxylic acids is 1. The maximum atomic E-state index is 12.3. The Morgan fingerprint density at radius 2 is 1.83 bits per heavy atom. The Hall–Kier alpha value is -3.07. The minimum absolute atomic E-state index is 0.0241. The Kier molecular flexibility index (Phi) is 3.86. The Morgan fingerprint density at radius 1 is 1.17 bits per heavy atom. The quantitative estimate of drug-likeness (QED) is 0.542. The first kappa shape index (κ1) is 15.8. The molecule has 1 aromatic heterocycles. The molecule has 0 radical (unpaired) electrons. The van der Waals surface area contributed by atoms with Gasteiger partial charge in [0.1, 0.15) is 5.82 Å². The number of hydrogen-bond donors (Lipinski definition) is 3. The lowest BCUT2D eigenvalue weighted by molar-refractivity contribution is -0.133. The van der Waals surface area contributed by atoms with Crippen LogP contribution in [0, 0.1) is 0 Å². The van der Waals surface area contributed by atoms with Crippen LogP contribution in [0.5, 0.6) is 0 Å². The first-order chi connectivity index (χ1) is 11.4. The minimum Gasteiger partial charge on any atom is -0.481 e. The maximum absolute atomic E-state index is 12.3. The molecule has 0 fully saturated rings. The molecule has 0 spiro atoms. The lowest BCUT2D eigenvalue weighted by Gasteiger charge is -2.12. The molecule has 1 aromatic carbocycles. The molecule has 9 heteroatoms. The highest BCUT2D eigenvalue weighted by molar-refractivity contribution is 8.00. The molecular formula is C15H11N3O5S. The van der Waals surface area contributed by atoms with Gasteiger partial charge in [0.2, 0.25) is 0 Å². The third-order valence-electron chi connectivity index (χ3n) is 3.41. The van der Waals surface area contributed by atoms with Crippen molar-refractivity contribution >= 4 is 35.4 Å². The van der Waals surface area contributed by atoms with Crippen LogP contribution in [-0.2, 0) is 4.79 Å². The number of hydrogen-bond acceptors (Lipinski definition) is 6. The summed E-state index contributed by atoms with van der Waals surface area (Å²) >= 11 is 1.13. The van der Waals surface area contributed by atoms with E-state index in [4.69, 9.17) is 10.8 Å². The molecule has 1 aliphatic rings. The van der Waals surface area contributed by atoms with Crippen LogP contribution >= 0.6 is 11.8 Å². The average Bonchev–Trinajstić information content (AvgIpc) is 2.80. The maximum Gasteiger partial charge on any atom is 0.313 e. The highest BCUT2D eigenvalue weighted by Crippen LogP contribution is 2.24. The van der Waals surface area contributed by atoms with E-state index < -0.39 is 23.3 Å². The topological polar surface area (TPSA) is 131 Å². The average molecular weight is 345 g/mol. The van der Waals surface area contributed by atoms with Gasteiger partial charge in [-0.05, 0) is 24.3 Å². The zero-order valence-electron chi connectivity index (χ0n) is 12.1. The van der Waals surface area contributed by atoms with Crippen LogP contribution in [0.25, 0.3) is 5.69 Å². The number of carbonyl (C=O) groups is 3. The number of nitrogens with two attached hydrogens (primary N) is 1. The Morgan fingerprint density at radius 3 is 2.46 bits per heavy atom. The second-order valence-electron chi connectivity index (χ2n) is 4.95. The van der Waals surface area contributed by atoms with Crippen LogP contribution in [0.4, 0.5) is 5.82 Å². The van der Waals surface area contributed by atoms with Crippen molar-refractivity contribution in [2.24, 2.45) is 0 Å². The molecule has 24 heavy (non-hydrogen) atoms. The summed E-state index contributed by atoms with van der Waals surface area (Å²) in [6.45, 7) is 0. The molecule has 0 unspecified atom stereocenters. The van der Waals surface area contributed by atoms with Crippen LogP contribution < -0.4 is 16.6 Å². The molecule has 3 rings (SSSR count). The van der Waals surface area contributed by atoms with Crippen molar-refractivity contribution in [1.29, 1.82) is 0 Å². The van der Waals surface area contributed by atoms with E-state index in [-0.39, 0.29) is 22.7 Å².